The van der Waals surface area contributed by atoms with Crippen LogP contribution in [0.3, 0.4) is 0 Å². The maximum atomic E-state index is 10.8. The molecule has 1 aromatic rings. The SMILES string of the molecule is CCC1CCC(NCc2cc([N+](=O)[O-])ccc2Cl)C1C. The fraction of sp³-hybridized carbons (Fsp3) is 0.600. The predicted molar refractivity (Wildman–Crippen MR) is 80.9 cm³/mol. The number of nitro groups is 1. The van der Waals surface area contributed by atoms with Gasteiger partial charge in [0.2, 0.25) is 0 Å². The molecule has 1 saturated carbocycles. The van der Waals surface area contributed by atoms with Crippen molar-refractivity contribution in [2.24, 2.45) is 11.8 Å². The molecular weight excluding hydrogens is 276 g/mol. The third-order valence-corrected chi connectivity index (χ3v) is 4.91. The second-order valence-electron chi connectivity index (χ2n) is 5.63. The average Bonchev–Trinajstić information content (AvgIpc) is 2.78. The van der Waals surface area contributed by atoms with Crippen molar-refractivity contribution in [3.05, 3.63) is 38.9 Å². The zero-order valence-electron chi connectivity index (χ0n) is 11.9. The van der Waals surface area contributed by atoms with E-state index in [1.54, 1.807) is 12.1 Å². The zero-order valence-corrected chi connectivity index (χ0v) is 12.7. The Bertz CT molecular complexity index is 493. The normalized spacial score (nSPS) is 25.9. The molecule has 110 valence electrons. The van der Waals surface area contributed by atoms with Gasteiger partial charge in [-0.25, -0.2) is 0 Å². The molecule has 0 saturated heterocycles. The Morgan fingerprint density at radius 2 is 2.20 bits per heavy atom. The van der Waals surface area contributed by atoms with Crippen LogP contribution in [0.1, 0.15) is 38.7 Å². The highest BCUT2D eigenvalue weighted by atomic mass is 35.5. The highest BCUT2D eigenvalue weighted by Gasteiger charge is 2.31. The van der Waals surface area contributed by atoms with Crippen LogP contribution < -0.4 is 5.32 Å². The van der Waals surface area contributed by atoms with E-state index in [1.165, 1.54) is 25.3 Å². The second kappa shape index (κ2) is 6.55. The lowest BCUT2D eigenvalue weighted by Crippen LogP contribution is -2.32. The molecule has 1 aromatic carbocycles. The van der Waals surface area contributed by atoms with Crippen LogP contribution in [-0.2, 0) is 6.54 Å². The molecule has 2 rings (SSSR count). The molecule has 0 aliphatic heterocycles. The number of rotatable bonds is 5. The predicted octanol–water partition coefficient (Wildman–Crippen LogP) is 4.16. The first-order valence-corrected chi connectivity index (χ1v) is 7.57. The molecule has 4 nitrogen and oxygen atoms in total. The molecular formula is C15H21ClN2O2. The summed E-state index contributed by atoms with van der Waals surface area (Å²) in [6.07, 6.45) is 3.65. The van der Waals surface area contributed by atoms with Crippen molar-refractivity contribution in [2.75, 3.05) is 0 Å². The fourth-order valence-electron chi connectivity index (χ4n) is 3.16. The van der Waals surface area contributed by atoms with Gasteiger partial charge in [0.25, 0.3) is 5.69 Å². The standard InChI is InChI=1S/C15H21ClN2O2/c1-3-11-4-7-15(10(11)2)17-9-12-8-13(18(19)20)5-6-14(12)16/h5-6,8,10-11,15,17H,3-4,7,9H2,1-2H3. The summed E-state index contributed by atoms with van der Waals surface area (Å²) >= 11 is 6.12. The Morgan fingerprint density at radius 3 is 2.80 bits per heavy atom. The minimum absolute atomic E-state index is 0.0945. The van der Waals surface area contributed by atoms with Crippen LogP contribution in [-0.4, -0.2) is 11.0 Å². The maximum Gasteiger partial charge on any atom is 0.269 e. The van der Waals surface area contributed by atoms with Gasteiger partial charge < -0.3 is 5.32 Å². The lowest BCUT2D eigenvalue weighted by Gasteiger charge is -2.21. The van der Waals surface area contributed by atoms with Crippen molar-refractivity contribution < 1.29 is 4.92 Å². The minimum atomic E-state index is -0.384. The van der Waals surface area contributed by atoms with Gasteiger partial charge in [-0.15, -0.1) is 0 Å². The topological polar surface area (TPSA) is 55.2 Å². The molecule has 1 aliphatic rings. The van der Waals surface area contributed by atoms with E-state index in [1.807, 2.05) is 0 Å². The Kier molecular flexibility index (Phi) is 5.00. The van der Waals surface area contributed by atoms with Crippen LogP contribution in [0.25, 0.3) is 0 Å². The van der Waals surface area contributed by atoms with Crippen LogP contribution in [0.4, 0.5) is 5.69 Å². The maximum absolute atomic E-state index is 10.8. The Balaban J connectivity index is 2.01. The fourth-order valence-corrected chi connectivity index (χ4v) is 3.35. The van der Waals surface area contributed by atoms with Crippen molar-refractivity contribution in [2.45, 2.75) is 45.7 Å². The summed E-state index contributed by atoms with van der Waals surface area (Å²) in [5.74, 6) is 1.44. The highest BCUT2D eigenvalue weighted by Crippen LogP contribution is 2.34. The number of non-ortho nitro benzene ring substituents is 1. The van der Waals surface area contributed by atoms with Crippen LogP contribution >= 0.6 is 11.6 Å². The van der Waals surface area contributed by atoms with Crippen LogP contribution in [0.2, 0.25) is 5.02 Å². The monoisotopic (exact) mass is 296 g/mol. The molecule has 1 aliphatic carbocycles. The van der Waals surface area contributed by atoms with Gasteiger partial charge in [0, 0.05) is 29.7 Å². The van der Waals surface area contributed by atoms with Crippen LogP contribution in [0.5, 0.6) is 0 Å². The van der Waals surface area contributed by atoms with E-state index in [-0.39, 0.29) is 10.6 Å². The van der Waals surface area contributed by atoms with Gasteiger partial charge in [-0.1, -0.05) is 31.9 Å². The summed E-state index contributed by atoms with van der Waals surface area (Å²) in [7, 11) is 0. The number of halogens is 1. The minimum Gasteiger partial charge on any atom is -0.310 e. The quantitative estimate of drug-likeness (QED) is 0.655. The Morgan fingerprint density at radius 1 is 1.45 bits per heavy atom. The van der Waals surface area contributed by atoms with Crippen molar-refractivity contribution >= 4 is 17.3 Å². The third-order valence-electron chi connectivity index (χ3n) is 4.55. The molecule has 5 heteroatoms. The first kappa shape index (κ1) is 15.3. The van der Waals surface area contributed by atoms with E-state index < -0.39 is 0 Å². The number of benzene rings is 1. The summed E-state index contributed by atoms with van der Waals surface area (Å²) in [4.78, 5) is 10.4. The van der Waals surface area contributed by atoms with E-state index in [0.29, 0.717) is 23.5 Å². The molecule has 0 heterocycles. The van der Waals surface area contributed by atoms with Crippen LogP contribution in [0.15, 0.2) is 18.2 Å². The van der Waals surface area contributed by atoms with Gasteiger partial charge in [0.05, 0.1) is 4.92 Å². The van der Waals surface area contributed by atoms with Gasteiger partial charge >= 0.3 is 0 Å². The van der Waals surface area contributed by atoms with Crippen molar-refractivity contribution in [1.82, 2.24) is 5.32 Å². The van der Waals surface area contributed by atoms with Gasteiger partial charge in [0.15, 0.2) is 0 Å². The molecule has 0 radical (unpaired) electrons. The molecule has 1 fully saturated rings. The molecule has 0 aromatic heterocycles. The van der Waals surface area contributed by atoms with Gasteiger partial charge in [-0.3, -0.25) is 10.1 Å². The highest BCUT2D eigenvalue weighted by molar-refractivity contribution is 6.31. The smallest absolute Gasteiger partial charge is 0.269 e. The molecule has 0 amide bonds. The molecule has 20 heavy (non-hydrogen) atoms. The molecule has 3 atom stereocenters. The van der Waals surface area contributed by atoms with E-state index in [0.717, 1.165) is 11.5 Å². The lowest BCUT2D eigenvalue weighted by atomic mass is 9.93. The Hall–Kier alpha value is -1.13. The summed E-state index contributed by atoms with van der Waals surface area (Å²) in [5, 5.41) is 14.9. The van der Waals surface area contributed by atoms with Crippen molar-refractivity contribution in [3.63, 3.8) is 0 Å². The first-order valence-electron chi connectivity index (χ1n) is 7.19. The summed E-state index contributed by atoms with van der Waals surface area (Å²) < 4.78 is 0. The molecule has 0 spiro atoms. The number of nitro benzene ring substituents is 1. The lowest BCUT2D eigenvalue weighted by molar-refractivity contribution is -0.384. The summed E-state index contributed by atoms with van der Waals surface area (Å²) in [6, 6.07) is 5.09. The molecule has 3 unspecified atom stereocenters. The number of nitrogens with zero attached hydrogens (tertiary/aromatic N) is 1. The van der Waals surface area contributed by atoms with E-state index in [9.17, 15) is 10.1 Å². The average molecular weight is 297 g/mol. The van der Waals surface area contributed by atoms with Crippen molar-refractivity contribution in [1.29, 1.82) is 0 Å². The van der Waals surface area contributed by atoms with Crippen molar-refractivity contribution in [3.8, 4) is 0 Å². The zero-order chi connectivity index (χ0) is 14.7. The third kappa shape index (κ3) is 3.30. The largest absolute Gasteiger partial charge is 0.310 e. The summed E-state index contributed by atoms with van der Waals surface area (Å²) in [6.45, 7) is 5.11. The van der Waals surface area contributed by atoms with E-state index in [2.05, 4.69) is 19.2 Å². The summed E-state index contributed by atoms with van der Waals surface area (Å²) in [5.41, 5.74) is 0.894. The van der Waals surface area contributed by atoms with Gasteiger partial charge in [-0.2, -0.15) is 0 Å². The number of hydrogen-bond acceptors (Lipinski definition) is 3. The molecule has 0 bridgehead atoms. The first-order chi connectivity index (χ1) is 9.52. The van der Waals surface area contributed by atoms with Gasteiger partial charge in [0.1, 0.15) is 0 Å². The second-order valence-corrected chi connectivity index (χ2v) is 6.03. The van der Waals surface area contributed by atoms with E-state index >= 15 is 0 Å². The Labute approximate surface area is 124 Å². The van der Waals surface area contributed by atoms with Crippen LogP contribution in [0, 0.1) is 22.0 Å². The number of nitrogens with one attached hydrogen (secondary N) is 1. The van der Waals surface area contributed by atoms with Gasteiger partial charge in [-0.05, 0) is 36.3 Å². The van der Waals surface area contributed by atoms with E-state index in [4.69, 9.17) is 11.6 Å². The number of hydrogen-bond donors (Lipinski definition) is 1. The molecule has 1 N–H and O–H groups in total.